The summed E-state index contributed by atoms with van der Waals surface area (Å²) >= 11 is 0. The Bertz CT molecular complexity index is 758. The maximum absolute atomic E-state index is 12.8. The lowest BCUT2D eigenvalue weighted by Gasteiger charge is -2.19. The molecule has 0 saturated heterocycles. The van der Waals surface area contributed by atoms with Crippen LogP contribution in [0, 0.1) is 20.8 Å². The maximum Gasteiger partial charge on any atom is 0.243 e. The zero-order chi connectivity index (χ0) is 16.5. The van der Waals surface area contributed by atoms with Gasteiger partial charge in [-0.3, -0.25) is 0 Å². The Hall–Kier alpha value is -1.73. The summed E-state index contributed by atoms with van der Waals surface area (Å²) in [5.74, 6) is 0.869. The predicted octanol–water partition coefficient (Wildman–Crippen LogP) is 2.38. The third-order valence-corrected chi connectivity index (χ3v) is 5.57. The quantitative estimate of drug-likeness (QED) is 0.844. The van der Waals surface area contributed by atoms with Crippen LogP contribution in [0.4, 0.5) is 0 Å². The Morgan fingerprint density at radius 3 is 2.27 bits per heavy atom. The van der Waals surface area contributed by atoms with Crippen molar-refractivity contribution < 1.29 is 12.9 Å². The van der Waals surface area contributed by atoms with Crippen molar-refractivity contribution in [1.29, 1.82) is 0 Å². The first-order valence-electron chi connectivity index (χ1n) is 7.11. The van der Waals surface area contributed by atoms with E-state index in [1.807, 2.05) is 39.8 Å². The molecule has 0 aliphatic heterocycles. The zero-order valence-corrected chi connectivity index (χ0v) is 14.4. The second kappa shape index (κ2) is 6.18. The van der Waals surface area contributed by atoms with E-state index in [0.29, 0.717) is 23.0 Å². The van der Waals surface area contributed by atoms with E-state index >= 15 is 0 Å². The Morgan fingerprint density at radius 1 is 1.18 bits per heavy atom. The van der Waals surface area contributed by atoms with Crippen LogP contribution >= 0.6 is 0 Å². The summed E-state index contributed by atoms with van der Waals surface area (Å²) in [6.07, 6.45) is 0.649. The van der Waals surface area contributed by atoms with Gasteiger partial charge in [0.15, 0.2) is 5.82 Å². The number of benzene rings is 1. The number of hydrogen-bond acceptors (Lipinski definition) is 5. The van der Waals surface area contributed by atoms with Gasteiger partial charge >= 0.3 is 0 Å². The van der Waals surface area contributed by atoms with E-state index in [0.717, 1.165) is 16.7 Å². The third-order valence-electron chi connectivity index (χ3n) is 3.46. The summed E-state index contributed by atoms with van der Waals surface area (Å²) in [5, 5.41) is 3.78. The maximum atomic E-state index is 12.8. The fourth-order valence-corrected chi connectivity index (χ4v) is 4.03. The topological polar surface area (TPSA) is 76.3 Å². The normalized spacial score (nSPS) is 12.1. The van der Waals surface area contributed by atoms with Gasteiger partial charge in [-0.15, -0.1) is 0 Å². The van der Waals surface area contributed by atoms with Gasteiger partial charge in [0.05, 0.1) is 11.4 Å². The highest BCUT2D eigenvalue weighted by molar-refractivity contribution is 7.89. The van der Waals surface area contributed by atoms with Crippen molar-refractivity contribution in [3.63, 3.8) is 0 Å². The van der Waals surface area contributed by atoms with Crippen LogP contribution in [0.2, 0.25) is 0 Å². The Morgan fingerprint density at radius 2 is 1.77 bits per heavy atom. The van der Waals surface area contributed by atoms with Crippen LogP contribution < -0.4 is 0 Å². The van der Waals surface area contributed by atoms with Gasteiger partial charge in [0.25, 0.3) is 0 Å². The first kappa shape index (κ1) is 16.6. The number of nitrogens with zero attached hydrogens (tertiary/aromatic N) is 3. The van der Waals surface area contributed by atoms with E-state index in [9.17, 15) is 8.42 Å². The first-order valence-corrected chi connectivity index (χ1v) is 8.55. The summed E-state index contributed by atoms with van der Waals surface area (Å²) in [7, 11) is -2.09. The summed E-state index contributed by atoms with van der Waals surface area (Å²) < 4.78 is 31.9. The molecule has 0 atom stereocenters. The van der Waals surface area contributed by atoms with Crippen LogP contribution in [-0.4, -0.2) is 29.9 Å². The lowest BCUT2D eigenvalue weighted by Crippen LogP contribution is -2.28. The van der Waals surface area contributed by atoms with Crippen LogP contribution in [0.5, 0.6) is 0 Å². The van der Waals surface area contributed by atoms with Crippen LogP contribution in [0.25, 0.3) is 0 Å². The Kier molecular flexibility index (Phi) is 4.67. The average Bonchev–Trinajstić information content (AvgIpc) is 2.84. The van der Waals surface area contributed by atoms with Crippen molar-refractivity contribution in [3.05, 3.63) is 40.5 Å². The van der Waals surface area contributed by atoms with Crippen LogP contribution in [0.3, 0.4) is 0 Å². The van der Waals surface area contributed by atoms with Crippen LogP contribution in [0.15, 0.2) is 21.6 Å². The van der Waals surface area contributed by atoms with Crippen LogP contribution in [-0.2, 0) is 23.0 Å². The third kappa shape index (κ3) is 3.20. The molecule has 1 heterocycles. The van der Waals surface area contributed by atoms with Crippen molar-refractivity contribution in [3.8, 4) is 0 Å². The molecule has 0 aliphatic rings. The fourth-order valence-electron chi connectivity index (χ4n) is 2.50. The molecule has 7 heteroatoms. The molecule has 2 rings (SSSR count). The number of aromatic nitrogens is 2. The summed E-state index contributed by atoms with van der Waals surface area (Å²) in [6, 6.07) is 3.74. The van der Waals surface area contributed by atoms with Gasteiger partial charge in [-0.2, -0.15) is 9.29 Å². The lowest BCUT2D eigenvalue weighted by atomic mass is 10.1. The Balaban J connectivity index is 2.33. The van der Waals surface area contributed by atoms with Crippen LogP contribution in [0.1, 0.15) is 35.3 Å². The van der Waals surface area contributed by atoms with Crippen molar-refractivity contribution in [2.75, 3.05) is 7.05 Å². The minimum Gasteiger partial charge on any atom is -0.338 e. The van der Waals surface area contributed by atoms with Gasteiger partial charge in [-0.25, -0.2) is 8.42 Å². The van der Waals surface area contributed by atoms with E-state index in [1.54, 1.807) is 0 Å². The predicted molar refractivity (Wildman–Crippen MR) is 83.0 cm³/mol. The monoisotopic (exact) mass is 323 g/mol. The number of hydrogen-bond donors (Lipinski definition) is 0. The summed E-state index contributed by atoms with van der Waals surface area (Å²) in [6.45, 7) is 7.53. The molecule has 0 radical (unpaired) electrons. The molecule has 0 saturated carbocycles. The van der Waals surface area contributed by atoms with Gasteiger partial charge in [-0.05, 0) is 31.9 Å². The van der Waals surface area contributed by atoms with E-state index in [4.69, 9.17) is 4.52 Å². The van der Waals surface area contributed by atoms with E-state index in [1.165, 1.54) is 11.4 Å². The smallest absolute Gasteiger partial charge is 0.243 e. The largest absolute Gasteiger partial charge is 0.338 e. The van der Waals surface area contributed by atoms with Gasteiger partial charge in [-0.1, -0.05) is 29.8 Å². The number of rotatable bonds is 5. The van der Waals surface area contributed by atoms with Gasteiger partial charge in [0, 0.05) is 13.5 Å². The molecule has 1 aromatic carbocycles. The SMILES string of the molecule is CCc1noc(CN(C)S(=O)(=O)c2c(C)cc(C)cc2C)n1. The Labute approximate surface area is 131 Å². The molecule has 6 nitrogen and oxygen atoms in total. The lowest BCUT2D eigenvalue weighted by molar-refractivity contribution is 0.334. The molecule has 2 aromatic rings. The zero-order valence-electron chi connectivity index (χ0n) is 13.5. The molecule has 0 unspecified atom stereocenters. The molecule has 22 heavy (non-hydrogen) atoms. The summed E-state index contributed by atoms with van der Waals surface area (Å²) in [5.41, 5.74) is 2.52. The number of aryl methyl sites for hydroxylation is 4. The standard InChI is InChI=1S/C15H21N3O3S/c1-6-13-16-14(21-17-13)9-18(5)22(19,20)15-11(3)7-10(2)8-12(15)4/h7-8H,6,9H2,1-5H3. The molecule has 0 N–H and O–H groups in total. The van der Waals surface area contributed by atoms with Gasteiger partial charge in [0.2, 0.25) is 15.9 Å². The molecule has 0 amide bonds. The molecule has 0 bridgehead atoms. The molecular weight excluding hydrogens is 302 g/mol. The second-order valence-electron chi connectivity index (χ2n) is 5.45. The fraction of sp³-hybridized carbons (Fsp3) is 0.467. The van der Waals surface area contributed by atoms with E-state index < -0.39 is 10.0 Å². The highest BCUT2D eigenvalue weighted by atomic mass is 32.2. The van der Waals surface area contributed by atoms with E-state index in [-0.39, 0.29) is 6.54 Å². The van der Waals surface area contributed by atoms with Crippen molar-refractivity contribution in [1.82, 2.24) is 14.4 Å². The molecule has 0 fully saturated rings. The minimum absolute atomic E-state index is 0.0576. The minimum atomic E-state index is -3.61. The second-order valence-corrected chi connectivity index (χ2v) is 7.43. The summed E-state index contributed by atoms with van der Waals surface area (Å²) in [4.78, 5) is 4.49. The highest BCUT2D eigenvalue weighted by Crippen LogP contribution is 2.25. The van der Waals surface area contributed by atoms with Crippen molar-refractivity contribution in [2.45, 2.75) is 45.6 Å². The van der Waals surface area contributed by atoms with E-state index in [2.05, 4.69) is 10.1 Å². The highest BCUT2D eigenvalue weighted by Gasteiger charge is 2.26. The molecular formula is C15H21N3O3S. The van der Waals surface area contributed by atoms with Crippen molar-refractivity contribution >= 4 is 10.0 Å². The molecule has 0 aliphatic carbocycles. The van der Waals surface area contributed by atoms with Gasteiger partial charge in [0.1, 0.15) is 0 Å². The first-order chi connectivity index (χ1) is 10.3. The average molecular weight is 323 g/mol. The molecule has 0 spiro atoms. The molecule has 120 valence electrons. The van der Waals surface area contributed by atoms with Gasteiger partial charge < -0.3 is 4.52 Å². The molecule has 1 aromatic heterocycles. The van der Waals surface area contributed by atoms with Crippen molar-refractivity contribution in [2.24, 2.45) is 0 Å². The number of sulfonamides is 1.